The van der Waals surface area contributed by atoms with Gasteiger partial charge in [-0.2, -0.15) is 0 Å². The van der Waals surface area contributed by atoms with Gasteiger partial charge >= 0.3 is 0 Å². The molecule has 0 aromatic heterocycles. The van der Waals surface area contributed by atoms with Gasteiger partial charge in [-0.1, -0.05) is 18.2 Å². The van der Waals surface area contributed by atoms with Gasteiger partial charge < -0.3 is 5.32 Å². The molecule has 5 heteroatoms. The molecule has 4 nitrogen and oxygen atoms in total. The summed E-state index contributed by atoms with van der Waals surface area (Å²) in [5.74, 6) is 0. The van der Waals surface area contributed by atoms with E-state index in [9.17, 15) is 8.42 Å². The Morgan fingerprint density at radius 1 is 1.42 bits per heavy atom. The Morgan fingerprint density at radius 3 is 2.58 bits per heavy atom. The second-order valence-corrected chi connectivity index (χ2v) is 3.76. The van der Waals surface area contributed by atoms with Gasteiger partial charge in [-0.25, -0.2) is 13.6 Å². The van der Waals surface area contributed by atoms with Gasteiger partial charge in [0.25, 0.3) is 0 Å². The second-order valence-electron chi connectivity index (χ2n) is 2.20. The summed E-state index contributed by atoms with van der Waals surface area (Å²) in [5, 5.41) is 8.47. The van der Waals surface area contributed by atoms with E-state index in [1.54, 1.807) is 12.1 Å². The molecule has 1 aromatic rings. The topological polar surface area (TPSA) is 74.3 Å². The average molecular weight is 184 g/mol. The van der Waals surface area contributed by atoms with Gasteiger partial charge in [0.2, 0.25) is 10.0 Å². The van der Waals surface area contributed by atoms with Crippen molar-refractivity contribution in [2.75, 3.05) is 0 Å². The highest BCUT2D eigenvalue weighted by atomic mass is 32.2. The van der Waals surface area contributed by atoms with Gasteiger partial charge in [0.05, 0.1) is 4.90 Å². The Balaban J connectivity index is 3.20. The fraction of sp³-hybridized carbons (Fsp3) is 0. The maximum atomic E-state index is 10.8. The third-order valence-electron chi connectivity index (χ3n) is 1.33. The minimum Gasteiger partial charge on any atom is -0.491 e. The van der Waals surface area contributed by atoms with Crippen molar-refractivity contribution in [1.82, 2.24) is 0 Å². The molecule has 0 radical (unpaired) electrons. The molecule has 0 amide bonds. The monoisotopic (exact) mass is 184 g/mol. The standard InChI is InChI=1S/C7H8N2O2S/c1-9-6-3-2-4-7(5-6)12(8,10)11/h2-5H,1H2,(H2,8,10,11). The Morgan fingerprint density at radius 2 is 2.08 bits per heavy atom. The van der Waals surface area contributed by atoms with Crippen LogP contribution in [0.5, 0.6) is 0 Å². The number of benzene rings is 1. The predicted octanol–water partition coefficient (Wildman–Crippen LogP) is 1.13. The number of nitrogens with two attached hydrogens (primary N) is 1. The first-order valence-electron chi connectivity index (χ1n) is 3.13. The molecular weight excluding hydrogens is 176 g/mol. The van der Waals surface area contributed by atoms with E-state index in [-0.39, 0.29) is 4.90 Å². The molecular formula is C7H8N2O2S. The number of primary sulfonamides is 1. The molecule has 0 unspecified atom stereocenters. The lowest BCUT2D eigenvalue weighted by atomic mass is 10.3. The zero-order valence-corrected chi connectivity index (χ0v) is 7.08. The molecule has 0 heterocycles. The van der Waals surface area contributed by atoms with E-state index in [4.69, 9.17) is 5.14 Å². The number of sulfonamides is 1. The van der Waals surface area contributed by atoms with Crippen LogP contribution in [0.15, 0.2) is 29.2 Å². The molecule has 0 aliphatic rings. The lowest BCUT2D eigenvalue weighted by Gasteiger charge is -2.06. The van der Waals surface area contributed by atoms with Crippen LogP contribution in [0.25, 0.3) is 5.32 Å². The van der Waals surface area contributed by atoms with E-state index < -0.39 is 10.0 Å². The zero-order chi connectivity index (χ0) is 9.19. The lowest BCUT2D eigenvalue weighted by molar-refractivity contribution is 0.598. The van der Waals surface area contributed by atoms with Crippen LogP contribution < -0.4 is 5.14 Å². The van der Waals surface area contributed by atoms with E-state index in [0.717, 1.165) is 0 Å². The quantitative estimate of drug-likeness (QED) is 0.699. The molecule has 12 heavy (non-hydrogen) atoms. The second kappa shape index (κ2) is 3.04. The largest absolute Gasteiger partial charge is 0.491 e. The SMILES string of the molecule is [CH2+][N-]c1cccc(S(N)(=O)=O)c1. The molecule has 0 aliphatic heterocycles. The van der Waals surface area contributed by atoms with Crippen LogP contribution >= 0.6 is 0 Å². The van der Waals surface area contributed by atoms with Crippen molar-refractivity contribution in [2.24, 2.45) is 5.14 Å². The van der Waals surface area contributed by atoms with Crippen LogP contribution in [0.3, 0.4) is 0 Å². The van der Waals surface area contributed by atoms with Gasteiger partial charge in [0.15, 0.2) is 0 Å². The minimum absolute atomic E-state index is 0.0485. The summed E-state index contributed by atoms with van der Waals surface area (Å²) in [4.78, 5) is 0.0485. The highest BCUT2D eigenvalue weighted by Gasteiger charge is 2.05. The van der Waals surface area contributed by atoms with Crippen LogP contribution in [0, 0.1) is 7.05 Å². The molecule has 0 saturated heterocycles. The first-order valence-corrected chi connectivity index (χ1v) is 4.68. The molecule has 0 spiro atoms. The van der Waals surface area contributed by atoms with E-state index in [0.29, 0.717) is 5.69 Å². The summed E-state index contributed by atoms with van der Waals surface area (Å²) in [6.07, 6.45) is 0. The molecule has 2 N–H and O–H groups in total. The van der Waals surface area contributed by atoms with Crippen LogP contribution in [0.4, 0.5) is 5.69 Å². The molecule has 0 bridgehead atoms. The highest BCUT2D eigenvalue weighted by molar-refractivity contribution is 7.89. The summed E-state index contributed by atoms with van der Waals surface area (Å²) < 4.78 is 21.6. The van der Waals surface area contributed by atoms with Crippen LogP contribution in [-0.4, -0.2) is 8.42 Å². The number of hydrogen-bond donors (Lipinski definition) is 1. The molecule has 1 rings (SSSR count). The average Bonchev–Trinajstić information content (AvgIpc) is 2.03. The van der Waals surface area contributed by atoms with Crippen molar-refractivity contribution in [3.05, 3.63) is 36.6 Å². The minimum atomic E-state index is -3.62. The maximum Gasteiger partial charge on any atom is 0.238 e. The summed E-state index contributed by atoms with van der Waals surface area (Å²) in [6.45, 7) is 0. The Labute approximate surface area is 71.4 Å². The van der Waals surface area contributed by atoms with Crippen LogP contribution in [0.1, 0.15) is 0 Å². The number of rotatable bonds is 2. The summed E-state index contributed by atoms with van der Waals surface area (Å²) in [7, 11) is -0.355. The fourth-order valence-corrected chi connectivity index (χ4v) is 1.31. The van der Waals surface area contributed by atoms with Gasteiger partial charge in [-0.3, -0.25) is 0 Å². The smallest absolute Gasteiger partial charge is 0.238 e. The highest BCUT2D eigenvalue weighted by Crippen LogP contribution is 2.19. The third-order valence-corrected chi connectivity index (χ3v) is 2.24. The summed E-state index contributed by atoms with van der Waals surface area (Å²) >= 11 is 0. The summed E-state index contributed by atoms with van der Waals surface area (Å²) in [5.41, 5.74) is 0.488. The summed E-state index contributed by atoms with van der Waals surface area (Å²) in [6, 6.07) is 5.97. The molecule has 0 saturated carbocycles. The number of hydrogen-bond acceptors (Lipinski definition) is 2. The predicted molar refractivity (Wildman–Crippen MR) is 46.2 cm³/mol. The van der Waals surface area contributed by atoms with Gasteiger partial charge in [0.1, 0.15) is 0 Å². The maximum absolute atomic E-state index is 10.8. The van der Waals surface area contributed by atoms with Gasteiger partial charge in [0, 0.05) is 7.05 Å². The first kappa shape index (κ1) is 8.89. The van der Waals surface area contributed by atoms with Crippen LogP contribution in [-0.2, 0) is 10.0 Å². The zero-order valence-electron chi connectivity index (χ0n) is 6.27. The van der Waals surface area contributed by atoms with E-state index in [2.05, 4.69) is 12.4 Å². The van der Waals surface area contributed by atoms with Gasteiger partial charge in [-0.05, 0) is 6.07 Å². The first-order chi connectivity index (χ1) is 5.54. The van der Waals surface area contributed by atoms with Crippen molar-refractivity contribution < 1.29 is 8.42 Å². The Kier molecular flexibility index (Phi) is 2.25. The fourth-order valence-electron chi connectivity index (χ4n) is 0.759. The van der Waals surface area contributed by atoms with Gasteiger partial charge in [-0.15, -0.1) is 5.69 Å². The normalized spacial score (nSPS) is 11.1. The molecule has 0 atom stereocenters. The van der Waals surface area contributed by atoms with Crippen molar-refractivity contribution in [2.45, 2.75) is 4.90 Å². The van der Waals surface area contributed by atoms with Crippen molar-refractivity contribution in [1.29, 1.82) is 0 Å². The Bertz CT molecular complexity index is 373. The molecule has 1 aromatic carbocycles. The van der Waals surface area contributed by atoms with E-state index in [1.165, 1.54) is 12.1 Å². The van der Waals surface area contributed by atoms with Crippen molar-refractivity contribution in [3.8, 4) is 0 Å². The van der Waals surface area contributed by atoms with E-state index in [1.807, 2.05) is 0 Å². The lowest BCUT2D eigenvalue weighted by Crippen LogP contribution is -2.11. The molecule has 0 fully saturated rings. The third kappa shape index (κ3) is 1.90. The van der Waals surface area contributed by atoms with Crippen molar-refractivity contribution >= 4 is 15.7 Å². The molecule has 64 valence electrons. The van der Waals surface area contributed by atoms with Crippen molar-refractivity contribution in [3.63, 3.8) is 0 Å². The molecule has 0 aliphatic carbocycles. The van der Waals surface area contributed by atoms with Crippen LogP contribution in [0.2, 0.25) is 0 Å². The van der Waals surface area contributed by atoms with E-state index >= 15 is 0 Å². The Hall–Kier alpha value is -1.20. The number of nitrogens with zero attached hydrogens (tertiary/aromatic N) is 1.